The van der Waals surface area contributed by atoms with Crippen molar-refractivity contribution in [2.75, 3.05) is 44.2 Å². The molecular weight excluding hydrogens is 467 g/mol. The minimum absolute atomic E-state index is 0.0235. The number of halogens is 2. The van der Waals surface area contributed by atoms with Crippen molar-refractivity contribution in [1.82, 2.24) is 14.8 Å². The number of hydrogen-bond donors (Lipinski definition) is 0. The van der Waals surface area contributed by atoms with Crippen LogP contribution in [0.3, 0.4) is 0 Å². The Morgan fingerprint density at radius 3 is 2.83 bits per heavy atom. The van der Waals surface area contributed by atoms with Crippen LogP contribution in [0.2, 0.25) is 5.02 Å². The topological polar surface area (TPSA) is 48.9 Å². The van der Waals surface area contributed by atoms with Gasteiger partial charge in [0.1, 0.15) is 28.8 Å². The first-order valence-electron chi connectivity index (χ1n) is 12.8. The minimum Gasteiger partial charge on any atom is -0.489 e. The molecule has 4 aliphatic heterocycles. The molecule has 1 unspecified atom stereocenters. The number of hydrogen-bond acceptors (Lipinski definition) is 5. The molecule has 0 saturated carbocycles. The molecule has 2 aromatic rings. The van der Waals surface area contributed by atoms with Crippen LogP contribution in [0.4, 0.5) is 10.2 Å². The summed E-state index contributed by atoms with van der Waals surface area (Å²) in [6.45, 7) is 8.78. The summed E-state index contributed by atoms with van der Waals surface area (Å²) in [5.74, 6) is 0.483. The van der Waals surface area contributed by atoms with Gasteiger partial charge >= 0.3 is 0 Å². The Balaban J connectivity index is 1.55. The van der Waals surface area contributed by atoms with Crippen molar-refractivity contribution in [2.45, 2.75) is 57.5 Å². The van der Waals surface area contributed by atoms with E-state index in [9.17, 15) is 4.79 Å². The zero-order valence-corrected chi connectivity index (χ0v) is 21.2. The van der Waals surface area contributed by atoms with Gasteiger partial charge in [-0.05, 0) is 64.1 Å². The van der Waals surface area contributed by atoms with E-state index in [1.165, 1.54) is 12.5 Å². The fourth-order valence-electron chi connectivity index (χ4n) is 6.50. The highest BCUT2D eigenvalue weighted by molar-refractivity contribution is 6.35. The van der Waals surface area contributed by atoms with Gasteiger partial charge in [-0.3, -0.25) is 9.69 Å². The van der Waals surface area contributed by atoms with Gasteiger partial charge < -0.3 is 14.5 Å². The van der Waals surface area contributed by atoms with Crippen molar-refractivity contribution in [2.24, 2.45) is 0 Å². The minimum atomic E-state index is -0.379. The zero-order valence-electron chi connectivity index (χ0n) is 20.4. The lowest BCUT2D eigenvalue weighted by Crippen LogP contribution is -2.58. The first-order chi connectivity index (χ1) is 16.9. The van der Waals surface area contributed by atoms with Gasteiger partial charge in [0.15, 0.2) is 5.75 Å². The Kier molecular flexibility index (Phi) is 5.68. The highest BCUT2D eigenvalue weighted by Gasteiger charge is 2.44. The van der Waals surface area contributed by atoms with Crippen LogP contribution in [-0.2, 0) is 0 Å². The molecule has 0 radical (unpaired) electrons. The predicted octanol–water partition coefficient (Wildman–Crippen LogP) is 4.91. The van der Waals surface area contributed by atoms with Gasteiger partial charge in [0, 0.05) is 37.3 Å². The number of aromatic nitrogens is 1. The van der Waals surface area contributed by atoms with E-state index in [2.05, 4.69) is 16.7 Å². The molecule has 1 aromatic carbocycles. The Bertz CT molecular complexity index is 1170. The Morgan fingerprint density at radius 2 is 2.00 bits per heavy atom. The molecule has 1 aromatic heterocycles. The van der Waals surface area contributed by atoms with Gasteiger partial charge in [-0.2, -0.15) is 0 Å². The third-order valence-electron chi connectivity index (χ3n) is 8.43. The predicted molar refractivity (Wildman–Crippen MR) is 135 cm³/mol. The molecular formula is C27H32ClFN4O2. The summed E-state index contributed by atoms with van der Waals surface area (Å²) >= 11 is 6.92. The number of aryl methyl sites for hydroxylation is 1. The number of rotatable bonds is 2. The van der Waals surface area contributed by atoms with Crippen molar-refractivity contribution < 1.29 is 13.9 Å². The van der Waals surface area contributed by atoms with Crippen LogP contribution >= 0.6 is 11.6 Å². The molecule has 2 atom stereocenters. The number of amides is 1. The summed E-state index contributed by atoms with van der Waals surface area (Å²) in [7, 11) is 0. The first-order valence-corrected chi connectivity index (χ1v) is 13.2. The molecule has 3 saturated heterocycles. The number of carbonyl (C=O) groups is 1. The van der Waals surface area contributed by atoms with E-state index in [0.717, 1.165) is 57.4 Å². The highest BCUT2D eigenvalue weighted by Crippen LogP contribution is 2.46. The number of fused-ring (bicyclic) bond motifs is 3. The van der Waals surface area contributed by atoms with Crippen LogP contribution in [0.1, 0.15) is 54.9 Å². The van der Waals surface area contributed by atoms with Crippen LogP contribution in [-0.4, -0.2) is 71.6 Å². The fraction of sp³-hybridized carbons (Fsp3) is 0.556. The number of ether oxygens (including phenoxy) is 1. The summed E-state index contributed by atoms with van der Waals surface area (Å²) in [6, 6.07) is 4.99. The fourth-order valence-corrected chi connectivity index (χ4v) is 6.79. The van der Waals surface area contributed by atoms with Crippen molar-refractivity contribution >= 4 is 23.3 Å². The molecule has 6 rings (SSSR count). The first kappa shape index (κ1) is 23.0. The van der Waals surface area contributed by atoms with Crippen LogP contribution in [0, 0.1) is 12.7 Å². The molecule has 186 valence electrons. The van der Waals surface area contributed by atoms with Gasteiger partial charge in [0.05, 0.1) is 11.7 Å². The van der Waals surface area contributed by atoms with E-state index in [0.29, 0.717) is 41.5 Å². The van der Waals surface area contributed by atoms with Crippen molar-refractivity contribution in [1.29, 1.82) is 0 Å². The lowest BCUT2D eigenvalue weighted by Gasteiger charge is -2.46. The second-order valence-electron chi connectivity index (χ2n) is 10.7. The van der Waals surface area contributed by atoms with Gasteiger partial charge in [0.25, 0.3) is 5.91 Å². The molecule has 0 bridgehead atoms. The smallest absolute Gasteiger partial charge is 0.261 e. The van der Waals surface area contributed by atoms with E-state index in [1.807, 2.05) is 17.9 Å². The summed E-state index contributed by atoms with van der Waals surface area (Å²) in [4.78, 5) is 25.7. The third kappa shape index (κ3) is 3.70. The van der Waals surface area contributed by atoms with Crippen molar-refractivity contribution in [3.05, 3.63) is 40.2 Å². The molecule has 0 aliphatic carbocycles. The van der Waals surface area contributed by atoms with E-state index >= 15 is 4.39 Å². The SMILES string of the molecule is Cc1cccc(F)c1-c1nc(N2CCN3CCCC3(C)C2)c2c(c1Cl)OC[C@H]1CCCCN1C2=O. The monoisotopic (exact) mass is 498 g/mol. The van der Waals surface area contributed by atoms with E-state index < -0.39 is 0 Å². The number of nitrogens with zero attached hydrogens (tertiary/aromatic N) is 4. The summed E-state index contributed by atoms with van der Waals surface area (Å²) in [5, 5.41) is 0.218. The highest BCUT2D eigenvalue weighted by atomic mass is 35.5. The average molecular weight is 499 g/mol. The standard InChI is InChI=1S/C27H32ClFN4O2/c1-17-7-5-9-19(29)20(17)23-22(28)24-21(26(34)33-12-4-3-8-18(33)15-35-24)25(30-23)31-13-14-32-11-6-10-27(32,2)16-31/h5,7,9,18H,3-4,6,8,10-16H2,1-2H3/t18-,27?/m1/s1. The average Bonchev–Trinajstić information content (AvgIpc) is 3.17. The second kappa shape index (κ2) is 8.63. The molecule has 3 fully saturated rings. The number of anilines is 1. The normalized spacial score (nSPS) is 26.6. The molecule has 0 N–H and O–H groups in total. The molecule has 5 heterocycles. The number of benzene rings is 1. The molecule has 1 amide bonds. The van der Waals surface area contributed by atoms with Gasteiger partial charge in [-0.1, -0.05) is 23.7 Å². The summed E-state index contributed by atoms with van der Waals surface area (Å²) in [6.07, 6.45) is 5.26. The zero-order chi connectivity index (χ0) is 24.3. The Morgan fingerprint density at radius 1 is 1.14 bits per heavy atom. The van der Waals surface area contributed by atoms with Crippen LogP contribution in [0.15, 0.2) is 18.2 Å². The van der Waals surface area contributed by atoms with Crippen LogP contribution in [0.25, 0.3) is 11.3 Å². The van der Waals surface area contributed by atoms with Gasteiger partial charge in [0.2, 0.25) is 0 Å². The molecule has 35 heavy (non-hydrogen) atoms. The lowest BCUT2D eigenvalue weighted by molar-refractivity contribution is 0.0578. The molecule has 8 heteroatoms. The van der Waals surface area contributed by atoms with Gasteiger partial charge in [-0.25, -0.2) is 9.37 Å². The number of piperazine rings is 1. The second-order valence-corrected chi connectivity index (χ2v) is 11.1. The van der Waals surface area contributed by atoms with Gasteiger partial charge in [-0.15, -0.1) is 0 Å². The number of carbonyl (C=O) groups excluding carboxylic acids is 1. The van der Waals surface area contributed by atoms with Crippen LogP contribution in [0.5, 0.6) is 5.75 Å². The van der Waals surface area contributed by atoms with E-state index in [1.54, 1.807) is 6.07 Å². The molecule has 0 spiro atoms. The van der Waals surface area contributed by atoms with Crippen molar-refractivity contribution in [3.63, 3.8) is 0 Å². The molecule has 6 nitrogen and oxygen atoms in total. The maximum absolute atomic E-state index is 15.1. The Labute approximate surface area is 211 Å². The maximum Gasteiger partial charge on any atom is 0.261 e. The van der Waals surface area contributed by atoms with Crippen LogP contribution < -0.4 is 9.64 Å². The largest absolute Gasteiger partial charge is 0.489 e. The molecule has 4 aliphatic rings. The Hall–Kier alpha value is -2.38. The summed E-state index contributed by atoms with van der Waals surface area (Å²) < 4.78 is 21.4. The van der Waals surface area contributed by atoms with E-state index in [4.69, 9.17) is 21.3 Å². The third-order valence-corrected chi connectivity index (χ3v) is 8.78. The summed E-state index contributed by atoms with van der Waals surface area (Å²) in [5.41, 5.74) is 1.93. The van der Waals surface area contributed by atoms with Crippen molar-refractivity contribution in [3.8, 4) is 17.0 Å². The number of piperidine rings is 1. The van der Waals surface area contributed by atoms with E-state index in [-0.39, 0.29) is 28.3 Å². The number of pyridine rings is 1. The quantitative estimate of drug-likeness (QED) is 0.588. The maximum atomic E-state index is 15.1. The lowest BCUT2D eigenvalue weighted by atomic mass is 9.95.